The maximum absolute atomic E-state index is 13.7. The summed E-state index contributed by atoms with van der Waals surface area (Å²) in [6.07, 6.45) is 3.41. The van der Waals surface area contributed by atoms with E-state index in [1.807, 2.05) is 23.9 Å². The zero-order valence-corrected chi connectivity index (χ0v) is 30.0. The van der Waals surface area contributed by atoms with Crippen molar-refractivity contribution in [3.63, 3.8) is 0 Å². The number of esters is 1. The van der Waals surface area contributed by atoms with E-state index in [0.29, 0.717) is 42.6 Å². The summed E-state index contributed by atoms with van der Waals surface area (Å²) in [5.74, 6) is -1.67. The van der Waals surface area contributed by atoms with Crippen LogP contribution in [0.5, 0.6) is 0 Å². The molecule has 4 aromatic rings. The van der Waals surface area contributed by atoms with Gasteiger partial charge in [0.1, 0.15) is 24.6 Å². The van der Waals surface area contributed by atoms with Crippen LogP contribution in [0, 0.1) is 33.1 Å². The van der Waals surface area contributed by atoms with Gasteiger partial charge in [0.15, 0.2) is 0 Å². The summed E-state index contributed by atoms with van der Waals surface area (Å²) in [5.41, 5.74) is 2.73. The number of non-ortho nitro benzene ring substituents is 2. The average Bonchev–Trinajstić information content (AvgIpc) is 3.75. The fraction of sp³-hybridized carbons (Fsp3) is 0.353. The lowest BCUT2D eigenvalue weighted by molar-refractivity contribution is -0.729. The Balaban J connectivity index is 1.15. The fourth-order valence-electron chi connectivity index (χ4n) is 6.47. The number of nitrogens with zero attached hydrogens (tertiary/aromatic N) is 5. The third kappa shape index (κ3) is 7.08. The van der Waals surface area contributed by atoms with Crippen molar-refractivity contribution < 1.29 is 43.4 Å². The number of imidazole rings is 1. The summed E-state index contributed by atoms with van der Waals surface area (Å²) in [6, 6.07) is 11.1. The van der Waals surface area contributed by atoms with Crippen LogP contribution in [0.1, 0.15) is 41.5 Å². The summed E-state index contributed by atoms with van der Waals surface area (Å²) >= 11 is 3.04. The molecule has 2 amide bonds. The van der Waals surface area contributed by atoms with Crippen molar-refractivity contribution in [2.45, 2.75) is 63.6 Å². The van der Waals surface area contributed by atoms with Crippen LogP contribution in [0.15, 0.2) is 65.6 Å². The predicted octanol–water partition coefficient (Wildman–Crippen LogP) is 4.52. The number of thiazole rings is 1. The summed E-state index contributed by atoms with van der Waals surface area (Å²) in [7, 11) is 0. The van der Waals surface area contributed by atoms with Crippen LogP contribution in [0.25, 0.3) is 10.4 Å². The number of aromatic nitrogens is 2. The van der Waals surface area contributed by atoms with Gasteiger partial charge in [0.05, 0.1) is 39.3 Å². The molecule has 0 saturated carbocycles. The van der Waals surface area contributed by atoms with Gasteiger partial charge < -0.3 is 24.8 Å². The van der Waals surface area contributed by atoms with Gasteiger partial charge in [-0.05, 0) is 61.9 Å². The van der Waals surface area contributed by atoms with Crippen molar-refractivity contribution in [1.82, 2.24) is 14.6 Å². The average molecular weight is 752 g/mol. The quantitative estimate of drug-likeness (QED) is 0.0349. The van der Waals surface area contributed by atoms with Gasteiger partial charge in [-0.2, -0.15) is 4.40 Å². The minimum Gasteiger partial charge on any atom is -0.456 e. The van der Waals surface area contributed by atoms with E-state index >= 15 is 0 Å². The molecular weight excluding hydrogens is 717 g/mol. The van der Waals surface area contributed by atoms with Gasteiger partial charge in [-0.15, -0.1) is 0 Å². The number of ether oxygens (including phenoxy) is 2. The van der Waals surface area contributed by atoms with E-state index in [4.69, 9.17) is 9.47 Å². The van der Waals surface area contributed by atoms with E-state index in [2.05, 4.69) is 9.88 Å². The van der Waals surface area contributed by atoms with Crippen molar-refractivity contribution in [2.24, 2.45) is 5.92 Å². The minimum atomic E-state index is -0.890. The molecule has 2 aromatic heterocycles. The Morgan fingerprint density at radius 3 is 2.21 bits per heavy atom. The SMILES string of the molecule is CSc1c2sc(C3=C(C(=O)OCc4ccc([N+](=O)[O-])cc4)N4C(=O)[C@H]([C@@H](C)O)[C@H]4C3)c(C)n2c[n+]1CCCNC(=O)OCc1ccc([N+](=O)[O-])cc1. The number of nitro benzene ring substituents is 2. The Morgan fingerprint density at radius 1 is 1.06 bits per heavy atom. The number of benzene rings is 2. The second-order valence-corrected chi connectivity index (χ2v) is 14.2. The maximum atomic E-state index is 13.7. The highest BCUT2D eigenvalue weighted by Crippen LogP contribution is 2.49. The summed E-state index contributed by atoms with van der Waals surface area (Å²) in [6.45, 7) is 4.27. The Hall–Kier alpha value is -5.33. The second-order valence-electron chi connectivity index (χ2n) is 12.4. The summed E-state index contributed by atoms with van der Waals surface area (Å²) in [4.78, 5) is 63.1. The highest BCUT2D eigenvalue weighted by Gasteiger charge is 2.57. The fourth-order valence-corrected chi connectivity index (χ4v) is 8.72. The molecule has 0 unspecified atom stereocenters. The van der Waals surface area contributed by atoms with E-state index in [-0.39, 0.29) is 42.2 Å². The van der Waals surface area contributed by atoms with E-state index in [9.17, 15) is 39.7 Å². The number of alkyl carbamates (subject to hydrolysis) is 1. The number of nitro groups is 2. The number of aliphatic hydroxyl groups is 1. The molecule has 272 valence electrons. The third-order valence-electron chi connectivity index (χ3n) is 9.07. The van der Waals surface area contributed by atoms with Crippen molar-refractivity contribution in [1.29, 1.82) is 0 Å². The minimum absolute atomic E-state index is 0.0193. The number of fused-ring (bicyclic) bond motifs is 2. The van der Waals surface area contributed by atoms with Gasteiger partial charge >= 0.3 is 12.1 Å². The number of hydrogen-bond acceptors (Lipinski definition) is 12. The molecule has 3 atom stereocenters. The van der Waals surface area contributed by atoms with Crippen LogP contribution in [-0.4, -0.2) is 67.2 Å². The van der Waals surface area contributed by atoms with Crippen molar-refractivity contribution in [3.8, 4) is 0 Å². The number of hydrogen-bond donors (Lipinski definition) is 2. The van der Waals surface area contributed by atoms with Gasteiger partial charge in [-0.1, -0.05) is 23.1 Å². The molecule has 2 aliphatic heterocycles. The van der Waals surface area contributed by atoms with Crippen LogP contribution in [-0.2, 0) is 38.8 Å². The van der Waals surface area contributed by atoms with E-state index < -0.39 is 33.9 Å². The molecule has 1 fully saturated rings. The zero-order chi connectivity index (χ0) is 37.3. The van der Waals surface area contributed by atoms with Crippen LogP contribution >= 0.6 is 23.1 Å². The standard InChI is InChI=1S/C34H34N6O10S2/c1-19-29(25-15-26-27(20(2)41)30(42)38(26)28(25)33(43)49-16-21-5-9-23(10-6-21)39(45)46)52-32-31(51-3)36(18-37(19)32)14-4-13-35-34(44)50-17-22-7-11-24(12-8-22)40(47)48/h5-12,18,20,26-27,41H,4,13-17H2,1-3H3/p+1/t20-,26-,27-/m1/s1. The number of rotatable bonds is 14. The molecule has 0 bridgehead atoms. The predicted molar refractivity (Wildman–Crippen MR) is 188 cm³/mol. The molecule has 16 nitrogen and oxygen atoms in total. The Morgan fingerprint density at radius 2 is 1.65 bits per heavy atom. The molecule has 18 heteroatoms. The van der Waals surface area contributed by atoms with Crippen molar-refractivity contribution in [3.05, 3.63) is 102 Å². The maximum Gasteiger partial charge on any atom is 0.407 e. The molecule has 0 radical (unpaired) electrons. The normalized spacial score (nSPS) is 17.2. The highest BCUT2D eigenvalue weighted by atomic mass is 32.2. The van der Waals surface area contributed by atoms with Gasteiger partial charge in [-0.25, -0.2) is 14.2 Å². The molecule has 1 saturated heterocycles. The van der Waals surface area contributed by atoms with Gasteiger partial charge in [0.2, 0.25) is 15.8 Å². The molecule has 2 aliphatic rings. The number of β-lactam (4-membered cyclic amide) rings is 1. The third-order valence-corrected chi connectivity index (χ3v) is 11.3. The number of amides is 2. The number of thioether (sulfide) groups is 1. The molecule has 0 spiro atoms. The van der Waals surface area contributed by atoms with Gasteiger partial charge in [0, 0.05) is 42.8 Å². The van der Waals surface area contributed by atoms with E-state index in [1.54, 1.807) is 18.7 Å². The highest BCUT2D eigenvalue weighted by molar-refractivity contribution is 7.98. The molecule has 6 rings (SSSR count). The van der Waals surface area contributed by atoms with Crippen LogP contribution in [0.4, 0.5) is 16.2 Å². The lowest BCUT2D eigenvalue weighted by Crippen LogP contribution is -2.61. The summed E-state index contributed by atoms with van der Waals surface area (Å²) < 4.78 is 15.0. The molecule has 52 heavy (non-hydrogen) atoms. The first-order valence-corrected chi connectivity index (χ1v) is 18.3. The zero-order valence-electron chi connectivity index (χ0n) is 28.3. The monoisotopic (exact) mass is 751 g/mol. The first-order valence-electron chi connectivity index (χ1n) is 16.3. The largest absolute Gasteiger partial charge is 0.456 e. The van der Waals surface area contributed by atoms with Gasteiger partial charge in [-0.3, -0.25) is 25.0 Å². The molecular formula is C34H35N6O10S2+. The molecule has 2 aromatic carbocycles. The summed E-state index contributed by atoms with van der Waals surface area (Å²) in [5, 5.41) is 35.9. The number of aryl methyl sites for hydroxylation is 2. The number of carbonyl (C=O) groups excluding carboxylic acids is 3. The van der Waals surface area contributed by atoms with Crippen molar-refractivity contribution >= 4 is 62.8 Å². The molecule has 4 heterocycles. The second kappa shape index (κ2) is 15.1. The first kappa shape index (κ1) is 36.5. The van der Waals surface area contributed by atoms with Crippen LogP contribution in [0.3, 0.4) is 0 Å². The van der Waals surface area contributed by atoms with E-state index in [0.717, 1.165) is 20.4 Å². The number of aliphatic hydroxyl groups excluding tert-OH is 1. The van der Waals surface area contributed by atoms with Crippen LogP contribution < -0.4 is 9.88 Å². The lowest BCUT2D eigenvalue weighted by Gasteiger charge is -2.44. The topological polar surface area (TPSA) is 200 Å². The molecule has 2 N–H and O–H groups in total. The Bertz CT molecular complexity index is 2090. The first-order chi connectivity index (χ1) is 24.9. The van der Waals surface area contributed by atoms with Crippen LogP contribution in [0.2, 0.25) is 0 Å². The molecule has 0 aliphatic carbocycles. The number of nitrogens with one attached hydrogen (secondary N) is 1. The lowest BCUT2D eigenvalue weighted by atomic mass is 9.83. The van der Waals surface area contributed by atoms with Gasteiger partial charge in [0.25, 0.3) is 17.7 Å². The Kier molecular flexibility index (Phi) is 10.6. The van der Waals surface area contributed by atoms with E-state index in [1.165, 1.54) is 64.8 Å². The smallest absolute Gasteiger partial charge is 0.407 e. The Labute approximate surface area is 304 Å². The number of carbonyl (C=O) groups is 3. The van der Waals surface area contributed by atoms with Crippen molar-refractivity contribution in [2.75, 3.05) is 12.8 Å².